The van der Waals surface area contributed by atoms with Gasteiger partial charge in [-0.05, 0) is 24.6 Å². The third-order valence-electron chi connectivity index (χ3n) is 2.48. The molecule has 0 atom stereocenters. The van der Waals surface area contributed by atoms with Crippen LogP contribution in [0.15, 0.2) is 48.7 Å². The van der Waals surface area contributed by atoms with Gasteiger partial charge in [0.15, 0.2) is 6.61 Å². The van der Waals surface area contributed by atoms with E-state index < -0.39 is 5.97 Å². The van der Waals surface area contributed by atoms with Crippen molar-refractivity contribution in [2.75, 3.05) is 6.61 Å². The minimum Gasteiger partial charge on any atom is -0.480 e. The van der Waals surface area contributed by atoms with Crippen LogP contribution in [0.4, 0.5) is 0 Å². The molecule has 0 radical (unpaired) electrons. The second-order valence-corrected chi connectivity index (χ2v) is 4.07. The molecule has 4 heteroatoms. The number of carbonyl (C=O) groups excluding carboxylic acids is 1. The van der Waals surface area contributed by atoms with E-state index in [1.165, 1.54) is 0 Å². The molecule has 0 aliphatic rings. The number of ether oxygens (including phenoxy) is 2. The van der Waals surface area contributed by atoms with Crippen LogP contribution in [0.3, 0.4) is 0 Å². The van der Waals surface area contributed by atoms with E-state index in [0.29, 0.717) is 5.75 Å². The largest absolute Gasteiger partial charge is 0.480 e. The van der Waals surface area contributed by atoms with Crippen LogP contribution < -0.4 is 4.74 Å². The molecule has 0 spiro atoms. The van der Waals surface area contributed by atoms with E-state index in [1.807, 2.05) is 43.3 Å². The number of benzene rings is 1. The standard InChI is InChI=1S/C15H15NO3/c1-12-7-8-14(9-16-12)18-11-15(17)19-10-13-5-3-2-4-6-13/h2-9H,10-11H2,1H3. The molecule has 4 nitrogen and oxygen atoms in total. The van der Waals surface area contributed by atoms with Crippen molar-refractivity contribution in [2.24, 2.45) is 0 Å². The third kappa shape index (κ3) is 4.43. The lowest BCUT2D eigenvalue weighted by Gasteiger charge is -2.07. The highest BCUT2D eigenvalue weighted by Crippen LogP contribution is 2.08. The molecule has 0 saturated heterocycles. The van der Waals surface area contributed by atoms with Gasteiger partial charge >= 0.3 is 5.97 Å². The average Bonchev–Trinajstić information content (AvgIpc) is 2.45. The number of hydrogen-bond donors (Lipinski definition) is 0. The molecule has 0 N–H and O–H groups in total. The number of pyridine rings is 1. The van der Waals surface area contributed by atoms with Crippen molar-refractivity contribution in [2.45, 2.75) is 13.5 Å². The summed E-state index contributed by atoms with van der Waals surface area (Å²) in [6.07, 6.45) is 1.58. The van der Waals surface area contributed by atoms with Gasteiger partial charge < -0.3 is 9.47 Å². The fourth-order valence-corrected chi connectivity index (χ4v) is 1.46. The molecule has 0 unspecified atom stereocenters. The van der Waals surface area contributed by atoms with Crippen LogP contribution in [0.5, 0.6) is 5.75 Å². The first-order valence-electron chi connectivity index (χ1n) is 5.99. The molecule has 98 valence electrons. The van der Waals surface area contributed by atoms with E-state index in [2.05, 4.69) is 4.98 Å². The molecule has 0 saturated carbocycles. The quantitative estimate of drug-likeness (QED) is 0.772. The highest BCUT2D eigenvalue weighted by Gasteiger charge is 2.04. The first-order chi connectivity index (χ1) is 9.24. The van der Waals surface area contributed by atoms with Crippen molar-refractivity contribution in [3.63, 3.8) is 0 Å². The van der Waals surface area contributed by atoms with Gasteiger partial charge in [0, 0.05) is 5.69 Å². The fraction of sp³-hybridized carbons (Fsp3) is 0.200. The van der Waals surface area contributed by atoms with E-state index in [1.54, 1.807) is 12.3 Å². The Kier molecular flexibility index (Phi) is 4.50. The molecule has 0 bridgehead atoms. The lowest BCUT2D eigenvalue weighted by atomic mass is 10.2. The van der Waals surface area contributed by atoms with Crippen molar-refractivity contribution in [1.29, 1.82) is 0 Å². The van der Waals surface area contributed by atoms with E-state index >= 15 is 0 Å². The van der Waals surface area contributed by atoms with E-state index in [9.17, 15) is 4.79 Å². The molecule has 0 fully saturated rings. The van der Waals surface area contributed by atoms with Crippen molar-refractivity contribution in [3.8, 4) is 5.75 Å². The number of aryl methyl sites for hydroxylation is 1. The Bertz CT molecular complexity index is 523. The van der Waals surface area contributed by atoms with Gasteiger partial charge in [-0.3, -0.25) is 4.98 Å². The highest BCUT2D eigenvalue weighted by molar-refractivity contribution is 5.71. The van der Waals surface area contributed by atoms with E-state index in [-0.39, 0.29) is 13.2 Å². The minimum absolute atomic E-state index is 0.114. The van der Waals surface area contributed by atoms with Crippen molar-refractivity contribution < 1.29 is 14.3 Å². The topological polar surface area (TPSA) is 48.4 Å². The first-order valence-corrected chi connectivity index (χ1v) is 5.99. The van der Waals surface area contributed by atoms with Gasteiger partial charge in [-0.15, -0.1) is 0 Å². The summed E-state index contributed by atoms with van der Waals surface area (Å²) >= 11 is 0. The monoisotopic (exact) mass is 257 g/mol. The zero-order valence-corrected chi connectivity index (χ0v) is 10.7. The maximum absolute atomic E-state index is 11.5. The van der Waals surface area contributed by atoms with Crippen LogP contribution in [0.1, 0.15) is 11.3 Å². The number of esters is 1. The van der Waals surface area contributed by atoms with E-state index in [4.69, 9.17) is 9.47 Å². The van der Waals surface area contributed by atoms with Crippen LogP contribution in [-0.4, -0.2) is 17.6 Å². The summed E-state index contributed by atoms with van der Waals surface area (Å²) in [6.45, 7) is 2.03. The van der Waals surface area contributed by atoms with Crippen LogP contribution in [0.2, 0.25) is 0 Å². The summed E-state index contributed by atoms with van der Waals surface area (Å²) in [5, 5.41) is 0. The lowest BCUT2D eigenvalue weighted by molar-refractivity contribution is -0.147. The molecule has 1 aromatic heterocycles. The SMILES string of the molecule is Cc1ccc(OCC(=O)OCc2ccccc2)cn1. The Labute approximate surface area is 112 Å². The smallest absolute Gasteiger partial charge is 0.344 e. The Morgan fingerprint density at radius 1 is 1.16 bits per heavy atom. The molecule has 19 heavy (non-hydrogen) atoms. The zero-order chi connectivity index (χ0) is 13.5. The number of carbonyl (C=O) groups is 1. The average molecular weight is 257 g/mol. The number of aromatic nitrogens is 1. The molecular formula is C15H15NO3. The summed E-state index contributed by atoms with van der Waals surface area (Å²) < 4.78 is 10.4. The maximum atomic E-state index is 11.5. The summed E-state index contributed by atoms with van der Waals surface area (Å²) in [5.74, 6) is 0.159. The Balaban J connectivity index is 1.74. The molecule has 1 heterocycles. The Morgan fingerprint density at radius 2 is 1.95 bits per heavy atom. The molecule has 2 aromatic rings. The summed E-state index contributed by atoms with van der Waals surface area (Å²) in [7, 11) is 0. The molecule has 0 aliphatic heterocycles. The third-order valence-corrected chi connectivity index (χ3v) is 2.48. The van der Waals surface area contributed by atoms with Crippen molar-refractivity contribution in [3.05, 3.63) is 59.9 Å². The van der Waals surface area contributed by atoms with Crippen LogP contribution in [0, 0.1) is 6.92 Å². The molecule has 0 amide bonds. The first kappa shape index (κ1) is 13.1. The molecule has 0 aliphatic carbocycles. The predicted molar refractivity (Wildman–Crippen MR) is 70.7 cm³/mol. The number of rotatable bonds is 5. The van der Waals surface area contributed by atoms with Gasteiger partial charge in [-0.1, -0.05) is 30.3 Å². The Morgan fingerprint density at radius 3 is 2.63 bits per heavy atom. The van der Waals surface area contributed by atoms with Crippen LogP contribution in [-0.2, 0) is 16.1 Å². The Hall–Kier alpha value is -2.36. The van der Waals surface area contributed by atoms with Crippen LogP contribution in [0.25, 0.3) is 0 Å². The van der Waals surface area contributed by atoms with Crippen molar-refractivity contribution >= 4 is 5.97 Å². The fourth-order valence-electron chi connectivity index (χ4n) is 1.46. The minimum atomic E-state index is -0.399. The van der Waals surface area contributed by atoms with Crippen LogP contribution >= 0.6 is 0 Å². The lowest BCUT2D eigenvalue weighted by Crippen LogP contribution is -2.14. The second-order valence-electron chi connectivity index (χ2n) is 4.07. The molecule has 2 rings (SSSR count). The molecular weight excluding hydrogens is 242 g/mol. The molecule has 1 aromatic carbocycles. The van der Waals surface area contributed by atoms with Gasteiger partial charge in [-0.2, -0.15) is 0 Å². The summed E-state index contributed by atoms with van der Waals surface area (Å²) in [5.41, 5.74) is 1.85. The second kappa shape index (κ2) is 6.54. The zero-order valence-electron chi connectivity index (χ0n) is 10.7. The highest BCUT2D eigenvalue weighted by atomic mass is 16.6. The van der Waals surface area contributed by atoms with E-state index in [0.717, 1.165) is 11.3 Å². The summed E-state index contributed by atoms with van der Waals surface area (Å²) in [6, 6.07) is 13.1. The number of nitrogens with zero attached hydrogens (tertiary/aromatic N) is 1. The normalized spacial score (nSPS) is 9.95. The van der Waals surface area contributed by atoms with Gasteiger partial charge in [-0.25, -0.2) is 4.79 Å². The van der Waals surface area contributed by atoms with Crippen molar-refractivity contribution in [1.82, 2.24) is 4.98 Å². The summed E-state index contributed by atoms with van der Waals surface area (Å²) in [4.78, 5) is 15.6. The van der Waals surface area contributed by atoms with Gasteiger partial charge in [0.1, 0.15) is 12.4 Å². The van der Waals surface area contributed by atoms with Gasteiger partial charge in [0.05, 0.1) is 6.20 Å². The predicted octanol–water partition coefficient (Wildman–Crippen LogP) is 2.51. The van der Waals surface area contributed by atoms with Gasteiger partial charge in [0.2, 0.25) is 0 Å². The number of hydrogen-bond acceptors (Lipinski definition) is 4. The van der Waals surface area contributed by atoms with Gasteiger partial charge in [0.25, 0.3) is 0 Å². The maximum Gasteiger partial charge on any atom is 0.344 e.